The fourth-order valence-corrected chi connectivity index (χ4v) is 2.13. The Labute approximate surface area is 135 Å². The van der Waals surface area contributed by atoms with E-state index in [4.69, 9.17) is 9.47 Å². The van der Waals surface area contributed by atoms with Crippen molar-refractivity contribution in [3.8, 4) is 0 Å². The van der Waals surface area contributed by atoms with E-state index in [1.54, 1.807) is 20.8 Å². The van der Waals surface area contributed by atoms with Crippen molar-refractivity contribution in [2.24, 2.45) is 0 Å². The highest BCUT2D eigenvalue weighted by Gasteiger charge is 2.26. The highest BCUT2D eigenvalue weighted by atomic mass is 16.5. The van der Waals surface area contributed by atoms with Crippen LogP contribution >= 0.6 is 0 Å². The molecule has 0 aliphatic rings. The van der Waals surface area contributed by atoms with Gasteiger partial charge in [-0.1, -0.05) is 6.92 Å². The standard InChI is InChI=1S/C16H24N2O5/c1-6-8-17-14(19)11(5)23-16(21)13-9(3)12(10(4)18-13)15(20)22-7-2/h11,18H,6-8H2,1-5H3,(H,17,19). The Morgan fingerprint density at radius 3 is 2.39 bits per heavy atom. The second-order valence-electron chi connectivity index (χ2n) is 5.18. The average molecular weight is 324 g/mol. The van der Waals surface area contributed by atoms with Gasteiger partial charge in [-0.25, -0.2) is 9.59 Å². The van der Waals surface area contributed by atoms with E-state index in [9.17, 15) is 14.4 Å². The second-order valence-corrected chi connectivity index (χ2v) is 5.18. The summed E-state index contributed by atoms with van der Waals surface area (Å²) >= 11 is 0. The summed E-state index contributed by atoms with van der Waals surface area (Å²) in [4.78, 5) is 38.7. The number of carbonyl (C=O) groups excluding carboxylic acids is 3. The lowest BCUT2D eigenvalue weighted by atomic mass is 10.1. The van der Waals surface area contributed by atoms with E-state index in [0.29, 0.717) is 23.4 Å². The van der Waals surface area contributed by atoms with E-state index < -0.39 is 18.0 Å². The van der Waals surface area contributed by atoms with Crippen LogP contribution in [-0.2, 0) is 14.3 Å². The van der Waals surface area contributed by atoms with Gasteiger partial charge in [-0.3, -0.25) is 4.79 Å². The molecule has 128 valence electrons. The molecule has 7 nitrogen and oxygen atoms in total. The van der Waals surface area contributed by atoms with Crippen molar-refractivity contribution in [2.45, 2.75) is 47.1 Å². The van der Waals surface area contributed by atoms with Gasteiger partial charge in [0.1, 0.15) is 5.69 Å². The Balaban J connectivity index is 2.87. The van der Waals surface area contributed by atoms with Crippen molar-refractivity contribution < 1.29 is 23.9 Å². The third-order valence-electron chi connectivity index (χ3n) is 3.32. The van der Waals surface area contributed by atoms with E-state index in [1.165, 1.54) is 6.92 Å². The SMILES string of the molecule is CCCNC(=O)C(C)OC(=O)c1[nH]c(C)c(C(=O)OCC)c1C. The topological polar surface area (TPSA) is 97.5 Å². The molecule has 23 heavy (non-hydrogen) atoms. The maximum atomic E-state index is 12.2. The number of aromatic amines is 1. The molecular formula is C16H24N2O5. The number of amides is 1. The molecule has 0 spiro atoms. The van der Waals surface area contributed by atoms with Crippen LogP contribution in [0, 0.1) is 13.8 Å². The van der Waals surface area contributed by atoms with Crippen LogP contribution in [0.3, 0.4) is 0 Å². The fourth-order valence-electron chi connectivity index (χ4n) is 2.13. The fraction of sp³-hybridized carbons (Fsp3) is 0.562. The number of carbonyl (C=O) groups is 3. The second kappa shape index (κ2) is 8.36. The molecule has 1 rings (SSSR count). The van der Waals surface area contributed by atoms with Gasteiger partial charge in [-0.2, -0.15) is 0 Å². The van der Waals surface area contributed by atoms with E-state index in [2.05, 4.69) is 10.3 Å². The average Bonchev–Trinajstić information content (AvgIpc) is 2.79. The zero-order valence-electron chi connectivity index (χ0n) is 14.2. The highest BCUT2D eigenvalue weighted by molar-refractivity contribution is 5.99. The van der Waals surface area contributed by atoms with E-state index >= 15 is 0 Å². The first-order valence-electron chi connectivity index (χ1n) is 7.68. The van der Waals surface area contributed by atoms with Crippen LogP contribution in [0.15, 0.2) is 0 Å². The lowest BCUT2D eigenvalue weighted by Gasteiger charge is -2.13. The van der Waals surface area contributed by atoms with Crippen molar-refractivity contribution >= 4 is 17.8 Å². The molecule has 0 saturated heterocycles. The maximum absolute atomic E-state index is 12.2. The van der Waals surface area contributed by atoms with Gasteiger partial charge in [0.25, 0.3) is 5.91 Å². The summed E-state index contributed by atoms with van der Waals surface area (Å²) in [5.41, 5.74) is 1.45. The van der Waals surface area contributed by atoms with Gasteiger partial charge < -0.3 is 19.8 Å². The van der Waals surface area contributed by atoms with Crippen molar-refractivity contribution in [3.63, 3.8) is 0 Å². The normalized spacial score (nSPS) is 11.7. The zero-order valence-corrected chi connectivity index (χ0v) is 14.2. The minimum Gasteiger partial charge on any atom is -0.462 e. The molecule has 0 aliphatic heterocycles. The lowest BCUT2D eigenvalue weighted by Crippen LogP contribution is -2.36. The summed E-state index contributed by atoms with van der Waals surface area (Å²) in [7, 11) is 0. The van der Waals surface area contributed by atoms with E-state index in [-0.39, 0.29) is 18.2 Å². The predicted molar refractivity (Wildman–Crippen MR) is 84.4 cm³/mol. The summed E-state index contributed by atoms with van der Waals surface area (Å²) in [6.07, 6.45) is -0.118. The summed E-state index contributed by atoms with van der Waals surface area (Å²) in [6, 6.07) is 0. The Morgan fingerprint density at radius 1 is 1.17 bits per heavy atom. The monoisotopic (exact) mass is 324 g/mol. The molecule has 0 aromatic carbocycles. The summed E-state index contributed by atoms with van der Waals surface area (Å²) < 4.78 is 10.1. The van der Waals surface area contributed by atoms with Crippen LogP contribution in [0.25, 0.3) is 0 Å². The molecule has 7 heteroatoms. The number of esters is 2. The van der Waals surface area contributed by atoms with Gasteiger partial charge in [0.2, 0.25) is 0 Å². The van der Waals surface area contributed by atoms with Gasteiger partial charge in [-0.15, -0.1) is 0 Å². The molecule has 1 amide bonds. The lowest BCUT2D eigenvalue weighted by molar-refractivity contribution is -0.129. The number of hydrogen-bond acceptors (Lipinski definition) is 5. The van der Waals surface area contributed by atoms with Crippen LogP contribution in [0.4, 0.5) is 0 Å². The quantitative estimate of drug-likeness (QED) is 0.746. The molecule has 1 heterocycles. The number of H-pyrrole nitrogens is 1. The van der Waals surface area contributed by atoms with E-state index in [1.807, 2.05) is 6.92 Å². The highest BCUT2D eigenvalue weighted by Crippen LogP contribution is 2.20. The molecule has 0 bridgehead atoms. The predicted octanol–water partition coefficient (Wildman–Crippen LogP) is 1.88. The Bertz CT molecular complexity index is 592. The van der Waals surface area contributed by atoms with Gasteiger partial charge in [0.05, 0.1) is 12.2 Å². The van der Waals surface area contributed by atoms with Crippen LogP contribution < -0.4 is 5.32 Å². The van der Waals surface area contributed by atoms with Crippen LogP contribution in [0.2, 0.25) is 0 Å². The smallest absolute Gasteiger partial charge is 0.355 e. The van der Waals surface area contributed by atoms with Crippen molar-refractivity contribution in [1.82, 2.24) is 10.3 Å². The maximum Gasteiger partial charge on any atom is 0.355 e. The van der Waals surface area contributed by atoms with Gasteiger partial charge in [0, 0.05) is 12.2 Å². The Morgan fingerprint density at radius 2 is 1.83 bits per heavy atom. The summed E-state index contributed by atoms with van der Waals surface area (Å²) in [5, 5.41) is 2.65. The van der Waals surface area contributed by atoms with Gasteiger partial charge >= 0.3 is 11.9 Å². The van der Waals surface area contributed by atoms with Crippen molar-refractivity contribution in [2.75, 3.05) is 13.2 Å². The summed E-state index contributed by atoms with van der Waals surface area (Å²) in [6.45, 7) is 9.22. The van der Waals surface area contributed by atoms with Crippen molar-refractivity contribution in [1.29, 1.82) is 0 Å². The number of nitrogens with one attached hydrogen (secondary N) is 2. The number of aryl methyl sites for hydroxylation is 1. The van der Waals surface area contributed by atoms with Crippen LogP contribution in [-0.4, -0.2) is 42.1 Å². The molecule has 1 unspecified atom stereocenters. The minimum absolute atomic E-state index is 0.153. The molecule has 0 saturated carbocycles. The number of aromatic nitrogens is 1. The molecule has 1 atom stereocenters. The molecule has 1 aromatic heterocycles. The van der Waals surface area contributed by atoms with E-state index in [0.717, 1.165) is 6.42 Å². The first kappa shape index (κ1) is 18.7. The molecule has 0 aliphatic carbocycles. The number of hydrogen-bond donors (Lipinski definition) is 2. The van der Waals surface area contributed by atoms with Crippen LogP contribution in [0.1, 0.15) is 59.3 Å². The zero-order chi connectivity index (χ0) is 17.6. The molecule has 0 radical (unpaired) electrons. The Hall–Kier alpha value is -2.31. The van der Waals surface area contributed by atoms with Gasteiger partial charge in [-0.05, 0) is 39.7 Å². The first-order valence-corrected chi connectivity index (χ1v) is 7.68. The largest absolute Gasteiger partial charge is 0.462 e. The first-order chi connectivity index (χ1) is 10.8. The van der Waals surface area contributed by atoms with Crippen LogP contribution in [0.5, 0.6) is 0 Å². The Kier molecular flexibility index (Phi) is 6.81. The van der Waals surface area contributed by atoms with Crippen molar-refractivity contribution in [3.05, 3.63) is 22.5 Å². The third kappa shape index (κ3) is 4.58. The third-order valence-corrected chi connectivity index (χ3v) is 3.32. The molecule has 1 aromatic rings. The minimum atomic E-state index is -0.914. The molecular weight excluding hydrogens is 300 g/mol. The van der Waals surface area contributed by atoms with Gasteiger partial charge in [0.15, 0.2) is 6.10 Å². The number of rotatable bonds is 7. The molecule has 0 fully saturated rings. The number of ether oxygens (including phenoxy) is 2. The molecule has 2 N–H and O–H groups in total. The summed E-state index contributed by atoms with van der Waals surface area (Å²) in [5.74, 6) is -1.53.